The fourth-order valence-corrected chi connectivity index (χ4v) is 6.19. The largest absolute Gasteiger partial charge is 0.443 e. The van der Waals surface area contributed by atoms with Crippen molar-refractivity contribution in [1.29, 1.82) is 5.26 Å². The van der Waals surface area contributed by atoms with Crippen molar-refractivity contribution in [2.75, 3.05) is 13.1 Å². The van der Waals surface area contributed by atoms with E-state index in [9.17, 15) is 18.5 Å². The third-order valence-corrected chi connectivity index (χ3v) is 8.36. The first kappa shape index (κ1) is 22.5. The van der Waals surface area contributed by atoms with Gasteiger partial charge in [-0.15, -0.1) is 0 Å². The van der Waals surface area contributed by atoms with Gasteiger partial charge in [0.05, 0.1) is 29.6 Å². The lowest BCUT2D eigenvalue weighted by Crippen LogP contribution is -2.64. The maximum Gasteiger partial charge on any atom is 0.420 e. The Morgan fingerprint density at radius 2 is 2.03 bits per heavy atom. The molecule has 0 bridgehead atoms. The van der Waals surface area contributed by atoms with Gasteiger partial charge in [-0.05, 0) is 39.7 Å². The molecule has 0 N–H and O–H groups in total. The maximum atomic E-state index is 12.6. The summed E-state index contributed by atoms with van der Waals surface area (Å²) in [7, 11) is -3.30. The summed E-state index contributed by atoms with van der Waals surface area (Å²) in [5.41, 5.74) is 0.291. The molecule has 0 unspecified atom stereocenters. The fourth-order valence-electron chi connectivity index (χ4n) is 4.20. The van der Waals surface area contributed by atoms with E-state index in [0.29, 0.717) is 35.1 Å². The molecular formula is C22H25N7O4S. The van der Waals surface area contributed by atoms with Crippen molar-refractivity contribution >= 4 is 27.1 Å². The van der Waals surface area contributed by atoms with E-state index in [1.165, 1.54) is 15.2 Å². The van der Waals surface area contributed by atoms with Crippen molar-refractivity contribution in [3.8, 4) is 17.3 Å². The number of aromatic nitrogens is 5. The van der Waals surface area contributed by atoms with Gasteiger partial charge in [0.15, 0.2) is 5.65 Å². The topological polar surface area (TPSA) is 136 Å². The highest BCUT2D eigenvalue weighted by Crippen LogP contribution is 2.40. The molecule has 1 saturated carbocycles. The molecule has 34 heavy (non-hydrogen) atoms. The number of fused-ring (bicyclic) bond motifs is 1. The lowest BCUT2D eigenvalue weighted by atomic mass is 9.89. The third kappa shape index (κ3) is 3.74. The molecule has 1 aliphatic heterocycles. The van der Waals surface area contributed by atoms with Gasteiger partial charge in [-0.1, -0.05) is 0 Å². The first-order valence-corrected chi connectivity index (χ1v) is 12.5. The van der Waals surface area contributed by atoms with Crippen LogP contribution in [0.2, 0.25) is 0 Å². The van der Waals surface area contributed by atoms with Crippen molar-refractivity contribution in [3.63, 3.8) is 0 Å². The summed E-state index contributed by atoms with van der Waals surface area (Å²) in [6, 6.07) is 3.92. The quantitative estimate of drug-likeness (QED) is 0.540. The second kappa shape index (κ2) is 7.61. The average Bonchev–Trinajstić information content (AvgIpc) is 3.33. The van der Waals surface area contributed by atoms with Gasteiger partial charge in [-0.25, -0.2) is 27.7 Å². The number of nitrogens with zero attached hydrogens (tertiary/aromatic N) is 7. The van der Waals surface area contributed by atoms with Gasteiger partial charge < -0.3 is 4.74 Å². The van der Waals surface area contributed by atoms with Crippen LogP contribution in [0.3, 0.4) is 0 Å². The van der Waals surface area contributed by atoms with Crippen LogP contribution in [0.5, 0.6) is 0 Å². The van der Waals surface area contributed by atoms with Crippen molar-refractivity contribution in [2.24, 2.45) is 0 Å². The Bertz CT molecular complexity index is 1420. The monoisotopic (exact) mass is 483 g/mol. The molecule has 2 fully saturated rings. The minimum Gasteiger partial charge on any atom is -0.443 e. The molecular weight excluding hydrogens is 458 g/mol. The van der Waals surface area contributed by atoms with E-state index in [1.807, 2.05) is 0 Å². The first-order valence-electron chi connectivity index (χ1n) is 11.0. The van der Waals surface area contributed by atoms with Crippen molar-refractivity contribution in [1.82, 2.24) is 28.6 Å². The minimum atomic E-state index is -3.30. The van der Waals surface area contributed by atoms with E-state index in [-0.39, 0.29) is 24.8 Å². The minimum absolute atomic E-state index is 0.138. The fraction of sp³-hybridized carbons (Fsp3) is 0.500. The normalized spacial score (nSPS) is 18.4. The molecule has 11 nitrogen and oxygen atoms in total. The van der Waals surface area contributed by atoms with Crippen LogP contribution < -0.4 is 0 Å². The highest BCUT2D eigenvalue weighted by Gasteiger charge is 2.53. The molecule has 1 aliphatic carbocycles. The Morgan fingerprint density at radius 3 is 2.68 bits per heavy atom. The summed E-state index contributed by atoms with van der Waals surface area (Å²) in [5.74, 6) is 0. The molecule has 5 rings (SSSR count). The standard InChI is InChI=1S/C22H25N7O4S/c1-21(2,3)33-20(30)28-9-6-17-18(24-14-25-19(17)28)15-10-26-29(11-15)22(7-8-23)12-27(13-22)34(31,32)16-4-5-16/h6,9-11,14,16H,4-5,7,12-13H2,1-3H3. The summed E-state index contributed by atoms with van der Waals surface area (Å²) >= 11 is 0. The number of carbonyl (C=O) groups is 1. The molecule has 3 aromatic rings. The molecule has 1 saturated heterocycles. The molecule has 0 aromatic carbocycles. The van der Waals surface area contributed by atoms with Gasteiger partial charge in [0, 0.05) is 36.4 Å². The highest BCUT2D eigenvalue weighted by atomic mass is 32.2. The van der Waals surface area contributed by atoms with E-state index < -0.39 is 27.3 Å². The van der Waals surface area contributed by atoms with Crippen LogP contribution in [0, 0.1) is 11.3 Å². The van der Waals surface area contributed by atoms with Gasteiger partial charge in [-0.2, -0.15) is 14.7 Å². The predicted molar refractivity (Wildman–Crippen MR) is 122 cm³/mol. The predicted octanol–water partition coefficient (Wildman–Crippen LogP) is 2.49. The summed E-state index contributed by atoms with van der Waals surface area (Å²) in [4.78, 5) is 21.2. The van der Waals surface area contributed by atoms with Crippen LogP contribution in [0.1, 0.15) is 40.0 Å². The summed E-state index contributed by atoms with van der Waals surface area (Å²) < 4.78 is 35.1. The van der Waals surface area contributed by atoms with E-state index in [1.54, 1.807) is 50.1 Å². The Balaban J connectivity index is 1.45. The lowest BCUT2D eigenvalue weighted by molar-refractivity contribution is 0.0543. The SMILES string of the molecule is CC(C)(C)OC(=O)n1ccc2c(-c3cnn(C4(CC#N)CN(S(=O)(=O)C5CC5)C4)c3)ncnc21. The van der Waals surface area contributed by atoms with Crippen LogP contribution in [0.4, 0.5) is 4.79 Å². The number of nitriles is 1. The molecule has 3 aromatic heterocycles. The summed E-state index contributed by atoms with van der Waals surface area (Å²) in [5, 5.41) is 14.2. The van der Waals surface area contributed by atoms with Gasteiger partial charge >= 0.3 is 6.09 Å². The van der Waals surface area contributed by atoms with Gasteiger partial charge in [0.2, 0.25) is 10.0 Å². The molecule has 4 heterocycles. The average molecular weight is 484 g/mol. The second-order valence-electron chi connectivity index (χ2n) is 9.87. The zero-order valence-corrected chi connectivity index (χ0v) is 20.0. The molecule has 0 atom stereocenters. The molecule has 0 amide bonds. The lowest BCUT2D eigenvalue weighted by Gasteiger charge is -2.48. The number of ether oxygens (including phenoxy) is 1. The molecule has 0 spiro atoms. The number of carbonyl (C=O) groups excluding carboxylic acids is 1. The van der Waals surface area contributed by atoms with Gasteiger partial charge in [-0.3, -0.25) is 4.68 Å². The van der Waals surface area contributed by atoms with Gasteiger partial charge in [0.1, 0.15) is 17.5 Å². The van der Waals surface area contributed by atoms with E-state index in [0.717, 1.165) is 0 Å². The van der Waals surface area contributed by atoms with Crippen molar-refractivity contribution in [2.45, 2.75) is 56.4 Å². The van der Waals surface area contributed by atoms with Crippen LogP contribution in [-0.4, -0.2) is 67.1 Å². The maximum absolute atomic E-state index is 12.6. The summed E-state index contributed by atoms with van der Waals surface area (Å²) in [6.45, 7) is 5.81. The number of hydrogen-bond donors (Lipinski definition) is 0. The second-order valence-corrected chi connectivity index (χ2v) is 12.1. The summed E-state index contributed by atoms with van der Waals surface area (Å²) in [6.07, 6.45) is 7.35. The number of rotatable bonds is 5. The zero-order chi connectivity index (χ0) is 24.3. The molecule has 0 radical (unpaired) electrons. The Hall–Kier alpha value is -3.30. The zero-order valence-electron chi connectivity index (χ0n) is 19.2. The Morgan fingerprint density at radius 1 is 1.29 bits per heavy atom. The Kier molecular flexibility index (Phi) is 5.03. The van der Waals surface area contributed by atoms with E-state index in [2.05, 4.69) is 21.1 Å². The Labute approximate surface area is 197 Å². The smallest absolute Gasteiger partial charge is 0.420 e. The highest BCUT2D eigenvalue weighted by molar-refractivity contribution is 7.90. The van der Waals surface area contributed by atoms with Crippen LogP contribution in [-0.2, 0) is 20.3 Å². The third-order valence-electron chi connectivity index (χ3n) is 6.07. The van der Waals surface area contributed by atoms with Gasteiger partial charge in [0.25, 0.3) is 0 Å². The molecule has 2 aliphatic rings. The van der Waals surface area contributed by atoms with Crippen molar-refractivity contribution < 1.29 is 17.9 Å². The van der Waals surface area contributed by atoms with Crippen LogP contribution in [0.15, 0.2) is 31.0 Å². The van der Waals surface area contributed by atoms with Crippen LogP contribution >= 0.6 is 0 Å². The molecule has 12 heteroatoms. The van der Waals surface area contributed by atoms with Crippen molar-refractivity contribution in [3.05, 3.63) is 31.0 Å². The molecule has 178 valence electrons. The van der Waals surface area contributed by atoms with Crippen LogP contribution in [0.25, 0.3) is 22.3 Å². The number of hydrogen-bond acceptors (Lipinski definition) is 8. The number of sulfonamides is 1. The van der Waals surface area contributed by atoms with E-state index in [4.69, 9.17) is 4.74 Å². The first-order chi connectivity index (χ1) is 16.0. The van der Waals surface area contributed by atoms with E-state index >= 15 is 0 Å².